The number of aliphatic hydroxyl groups is 1. The Labute approximate surface area is 127 Å². The lowest BCUT2D eigenvalue weighted by Gasteiger charge is -2.11. The van der Waals surface area contributed by atoms with Gasteiger partial charge in [0.15, 0.2) is 0 Å². The van der Waals surface area contributed by atoms with Gasteiger partial charge in [0, 0.05) is 5.02 Å². The van der Waals surface area contributed by atoms with E-state index in [9.17, 15) is 17.9 Å². The molecule has 4 nitrogen and oxygen atoms in total. The Bertz CT molecular complexity index is 778. The Morgan fingerprint density at radius 2 is 1.95 bits per heavy atom. The van der Waals surface area contributed by atoms with Crippen molar-refractivity contribution in [1.82, 2.24) is 0 Å². The van der Waals surface area contributed by atoms with Crippen LogP contribution in [0.2, 0.25) is 5.02 Å². The molecular formula is C14H13ClFNO3S. The minimum Gasteiger partial charge on any atom is -0.392 e. The molecule has 2 N–H and O–H groups in total. The van der Waals surface area contributed by atoms with E-state index in [1.54, 1.807) is 13.0 Å². The van der Waals surface area contributed by atoms with Gasteiger partial charge in [0.2, 0.25) is 0 Å². The second kappa shape index (κ2) is 6.01. The first kappa shape index (κ1) is 15.8. The average Bonchev–Trinajstić information content (AvgIpc) is 2.42. The zero-order chi connectivity index (χ0) is 15.6. The highest BCUT2D eigenvalue weighted by Crippen LogP contribution is 2.23. The summed E-state index contributed by atoms with van der Waals surface area (Å²) in [5.41, 5.74) is 1.08. The van der Waals surface area contributed by atoms with Crippen LogP contribution in [0.25, 0.3) is 0 Å². The number of rotatable bonds is 4. The molecule has 0 aromatic heterocycles. The van der Waals surface area contributed by atoms with Gasteiger partial charge in [0.05, 0.1) is 17.2 Å². The minimum absolute atomic E-state index is 0.0495. The standard InChI is InChI=1S/C14H13ClFNO3S/c1-9-2-4-12(6-10(9)8-18)21(19,20)17-14-5-3-11(15)7-13(14)16/h2-7,17-18H,8H2,1H3. The van der Waals surface area contributed by atoms with E-state index in [-0.39, 0.29) is 22.2 Å². The fourth-order valence-electron chi connectivity index (χ4n) is 1.76. The number of nitrogens with one attached hydrogen (secondary N) is 1. The topological polar surface area (TPSA) is 66.4 Å². The van der Waals surface area contributed by atoms with Gasteiger partial charge in [-0.1, -0.05) is 17.7 Å². The lowest BCUT2D eigenvalue weighted by Crippen LogP contribution is -2.14. The van der Waals surface area contributed by atoms with Crippen molar-refractivity contribution in [3.05, 3.63) is 58.4 Å². The van der Waals surface area contributed by atoms with Crippen molar-refractivity contribution in [1.29, 1.82) is 0 Å². The molecule has 0 aliphatic carbocycles. The van der Waals surface area contributed by atoms with Gasteiger partial charge in [0.25, 0.3) is 10.0 Å². The van der Waals surface area contributed by atoms with E-state index >= 15 is 0 Å². The van der Waals surface area contributed by atoms with Crippen LogP contribution < -0.4 is 4.72 Å². The zero-order valence-corrected chi connectivity index (χ0v) is 12.7. The van der Waals surface area contributed by atoms with Crippen LogP contribution in [0, 0.1) is 12.7 Å². The maximum absolute atomic E-state index is 13.7. The molecule has 21 heavy (non-hydrogen) atoms. The number of benzene rings is 2. The molecule has 0 saturated carbocycles. The summed E-state index contributed by atoms with van der Waals surface area (Å²) in [6.45, 7) is 1.48. The van der Waals surface area contributed by atoms with Crippen molar-refractivity contribution in [2.75, 3.05) is 4.72 Å². The molecule has 2 rings (SSSR count). The average molecular weight is 330 g/mol. The maximum atomic E-state index is 13.7. The molecule has 0 atom stereocenters. The highest BCUT2D eigenvalue weighted by Gasteiger charge is 2.17. The molecule has 0 spiro atoms. The van der Waals surface area contributed by atoms with Crippen molar-refractivity contribution < 1.29 is 17.9 Å². The summed E-state index contributed by atoms with van der Waals surface area (Å²) in [5, 5.41) is 9.36. The van der Waals surface area contributed by atoms with Gasteiger partial charge < -0.3 is 5.11 Å². The van der Waals surface area contributed by atoms with E-state index < -0.39 is 15.8 Å². The molecule has 0 amide bonds. The summed E-state index contributed by atoms with van der Waals surface area (Å²) in [7, 11) is -3.94. The fourth-order valence-corrected chi connectivity index (χ4v) is 3.04. The molecule has 7 heteroatoms. The maximum Gasteiger partial charge on any atom is 0.261 e. The predicted molar refractivity (Wildman–Crippen MR) is 79.3 cm³/mol. The minimum atomic E-state index is -3.94. The molecule has 0 aliphatic heterocycles. The smallest absolute Gasteiger partial charge is 0.261 e. The third-order valence-corrected chi connectivity index (χ3v) is 4.57. The third kappa shape index (κ3) is 3.53. The molecule has 0 aliphatic rings. The van der Waals surface area contributed by atoms with E-state index in [4.69, 9.17) is 11.6 Å². The highest BCUT2D eigenvalue weighted by atomic mass is 35.5. The predicted octanol–water partition coefficient (Wildman–Crippen LogP) is 3.08. The monoisotopic (exact) mass is 329 g/mol. The van der Waals surface area contributed by atoms with E-state index in [1.807, 2.05) is 0 Å². The molecule has 112 valence electrons. The second-order valence-electron chi connectivity index (χ2n) is 4.48. The quantitative estimate of drug-likeness (QED) is 0.906. The Hall–Kier alpha value is -1.63. The Morgan fingerprint density at radius 3 is 2.57 bits per heavy atom. The number of aryl methyl sites for hydroxylation is 1. The number of aliphatic hydroxyl groups excluding tert-OH is 1. The van der Waals surface area contributed by atoms with Crippen molar-refractivity contribution in [2.24, 2.45) is 0 Å². The number of sulfonamides is 1. The van der Waals surface area contributed by atoms with Gasteiger partial charge in [-0.2, -0.15) is 0 Å². The number of anilines is 1. The van der Waals surface area contributed by atoms with Gasteiger partial charge in [-0.15, -0.1) is 0 Å². The van der Waals surface area contributed by atoms with Crippen LogP contribution in [0.1, 0.15) is 11.1 Å². The number of hydrogen-bond donors (Lipinski definition) is 2. The summed E-state index contributed by atoms with van der Waals surface area (Å²) in [6.07, 6.45) is 0. The van der Waals surface area contributed by atoms with Gasteiger partial charge in [-0.25, -0.2) is 12.8 Å². The van der Waals surface area contributed by atoms with Crippen molar-refractivity contribution >= 4 is 27.3 Å². The summed E-state index contributed by atoms with van der Waals surface area (Å²) >= 11 is 5.62. The van der Waals surface area contributed by atoms with Crippen LogP contribution in [0.5, 0.6) is 0 Å². The highest BCUT2D eigenvalue weighted by molar-refractivity contribution is 7.92. The lowest BCUT2D eigenvalue weighted by molar-refractivity contribution is 0.281. The van der Waals surface area contributed by atoms with Crippen LogP contribution in [0.15, 0.2) is 41.3 Å². The molecule has 2 aromatic rings. The molecular weight excluding hydrogens is 317 g/mol. The van der Waals surface area contributed by atoms with Crippen LogP contribution in [-0.4, -0.2) is 13.5 Å². The molecule has 0 bridgehead atoms. The van der Waals surface area contributed by atoms with Crippen LogP contribution in [-0.2, 0) is 16.6 Å². The summed E-state index contributed by atoms with van der Waals surface area (Å²) in [6, 6.07) is 7.98. The van der Waals surface area contributed by atoms with Crippen molar-refractivity contribution in [3.63, 3.8) is 0 Å². The fraction of sp³-hybridized carbons (Fsp3) is 0.143. The molecule has 0 radical (unpaired) electrons. The SMILES string of the molecule is Cc1ccc(S(=O)(=O)Nc2ccc(Cl)cc2F)cc1CO. The first-order valence-corrected chi connectivity index (χ1v) is 7.88. The zero-order valence-electron chi connectivity index (χ0n) is 11.1. The number of hydrogen-bond acceptors (Lipinski definition) is 3. The number of halogens is 2. The van der Waals surface area contributed by atoms with Crippen LogP contribution in [0.3, 0.4) is 0 Å². The second-order valence-corrected chi connectivity index (χ2v) is 6.59. The van der Waals surface area contributed by atoms with Gasteiger partial charge in [-0.05, 0) is 48.4 Å². The van der Waals surface area contributed by atoms with E-state index in [1.165, 1.54) is 24.3 Å². The lowest BCUT2D eigenvalue weighted by atomic mass is 10.1. The van der Waals surface area contributed by atoms with Gasteiger partial charge in [0.1, 0.15) is 5.82 Å². The summed E-state index contributed by atoms with van der Waals surface area (Å²) in [4.78, 5) is -0.0495. The largest absolute Gasteiger partial charge is 0.392 e. The van der Waals surface area contributed by atoms with Crippen molar-refractivity contribution in [3.8, 4) is 0 Å². The normalized spacial score (nSPS) is 11.4. The van der Waals surface area contributed by atoms with Gasteiger partial charge in [-0.3, -0.25) is 4.72 Å². The first-order chi connectivity index (χ1) is 9.83. The molecule has 0 saturated heterocycles. The summed E-state index contributed by atoms with van der Waals surface area (Å²) < 4.78 is 40.3. The van der Waals surface area contributed by atoms with E-state index in [2.05, 4.69) is 4.72 Å². The van der Waals surface area contributed by atoms with Crippen molar-refractivity contribution in [2.45, 2.75) is 18.4 Å². The Balaban J connectivity index is 2.38. The molecule has 0 unspecified atom stereocenters. The van der Waals surface area contributed by atoms with Crippen LogP contribution >= 0.6 is 11.6 Å². The Morgan fingerprint density at radius 1 is 1.24 bits per heavy atom. The third-order valence-electron chi connectivity index (χ3n) is 2.98. The molecule has 2 aromatic carbocycles. The Kier molecular flexibility index (Phi) is 4.51. The van der Waals surface area contributed by atoms with E-state index in [0.717, 1.165) is 11.6 Å². The first-order valence-electron chi connectivity index (χ1n) is 6.02. The van der Waals surface area contributed by atoms with E-state index in [0.29, 0.717) is 5.56 Å². The molecule has 0 fully saturated rings. The molecule has 0 heterocycles. The van der Waals surface area contributed by atoms with Gasteiger partial charge >= 0.3 is 0 Å². The summed E-state index contributed by atoms with van der Waals surface area (Å²) in [5.74, 6) is -0.763. The van der Waals surface area contributed by atoms with Crippen LogP contribution in [0.4, 0.5) is 10.1 Å².